The topological polar surface area (TPSA) is 133 Å². The van der Waals surface area contributed by atoms with Crippen LogP contribution in [-0.4, -0.2) is 62.5 Å². The van der Waals surface area contributed by atoms with E-state index in [9.17, 15) is 0 Å². The van der Waals surface area contributed by atoms with Gasteiger partial charge in [0.15, 0.2) is 11.8 Å². The maximum atomic E-state index is 15.2. The highest BCUT2D eigenvalue weighted by molar-refractivity contribution is 5.96. The summed E-state index contributed by atoms with van der Waals surface area (Å²) in [4.78, 5) is 60.9. The van der Waals surface area contributed by atoms with Crippen LogP contribution in [-0.2, 0) is 42.9 Å². The Hall–Kier alpha value is -4.12. The number of carbonyl (C=O) groups excluding carboxylic acids is 4. The van der Waals surface area contributed by atoms with E-state index in [1.54, 1.807) is 14.2 Å². The number of hydrogen-bond donors (Lipinski definition) is 0. The zero-order valence-corrected chi connectivity index (χ0v) is 44.5. The van der Waals surface area contributed by atoms with Gasteiger partial charge in [-0.05, 0) is 258 Å². The smallest absolute Gasteiger partial charge is 0.320 e. The van der Waals surface area contributed by atoms with Crippen LogP contribution < -0.4 is 9.47 Å². The molecule has 11 nitrogen and oxygen atoms in total. The fourth-order valence-corrected chi connectivity index (χ4v) is 20.5. The van der Waals surface area contributed by atoms with Gasteiger partial charge in [0.05, 0.1) is 26.4 Å². The molecular formula is C64H82O11. The van der Waals surface area contributed by atoms with Gasteiger partial charge in [0, 0.05) is 12.8 Å². The van der Waals surface area contributed by atoms with Crippen LogP contribution in [0.15, 0.2) is 48.5 Å². The lowest BCUT2D eigenvalue weighted by molar-refractivity contribution is -0.192. The molecule has 2 unspecified atom stereocenters. The number of ether oxygens (including phenoxy) is 7. The molecule has 2 aromatic rings. The molecule has 0 N–H and O–H groups in total. The van der Waals surface area contributed by atoms with Crippen LogP contribution in [0.1, 0.15) is 165 Å². The normalized spacial score (nSPS) is 42.2. The molecule has 0 spiro atoms. The molecule has 0 saturated heterocycles. The van der Waals surface area contributed by atoms with Crippen molar-refractivity contribution >= 4 is 23.9 Å². The molecule has 0 amide bonds. The van der Waals surface area contributed by atoms with Gasteiger partial charge in [-0.15, -0.1) is 0 Å². The van der Waals surface area contributed by atoms with Gasteiger partial charge in [-0.3, -0.25) is 19.2 Å². The van der Waals surface area contributed by atoms with Crippen LogP contribution in [0.2, 0.25) is 0 Å². The largest absolute Gasteiger partial charge is 0.497 e. The minimum Gasteiger partial charge on any atom is -0.497 e. The molecule has 16 aliphatic carbocycles. The maximum Gasteiger partial charge on any atom is 0.320 e. The summed E-state index contributed by atoms with van der Waals surface area (Å²) >= 11 is 0. The lowest BCUT2D eigenvalue weighted by atomic mass is 9.55. The molecular weight excluding hydrogens is 945 g/mol. The molecule has 16 saturated carbocycles. The summed E-state index contributed by atoms with van der Waals surface area (Å²) in [6.07, 6.45) is 19.7. The summed E-state index contributed by atoms with van der Waals surface area (Å²) in [6, 6.07) is 15.2. The van der Waals surface area contributed by atoms with Crippen molar-refractivity contribution in [3.63, 3.8) is 0 Å². The van der Waals surface area contributed by atoms with Gasteiger partial charge in [0.2, 0.25) is 0 Å². The molecule has 18 rings (SSSR count). The fourth-order valence-electron chi connectivity index (χ4n) is 20.5. The second kappa shape index (κ2) is 20.0. The molecule has 16 fully saturated rings. The average molecular weight is 1030 g/mol. The number of carbonyl (C=O) groups is 4. The van der Waals surface area contributed by atoms with Gasteiger partial charge < -0.3 is 33.2 Å². The second-order valence-corrected chi connectivity index (χ2v) is 27.6. The van der Waals surface area contributed by atoms with Crippen molar-refractivity contribution in [3.8, 4) is 11.5 Å². The molecule has 2 atom stereocenters. The van der Waals surface area contributed by atoms with E-state index in [2.05, 4.69) is 0 Å². The molecule has 11 heteroatoms. The van der Waals surface area contributed by atoms with Gasteiger partial charge in [0.1, 0.15) is 35.9 Å². The summed E-state index contributed by atoms with van der Waals surface area (Å²) in [5, 5.41) is 0. The highest BCUT2D eigenvalue weighted by Crippen LogP contribution is 2.59. The Bertz CT molecular complexity index is 2060. The van der Waals surface area contributed by atoms with Crippen molar-refractivity contribution in [2.24, 2.45) is 107 Å². The van der Waals surface area contributed by atoms with E-state index < -0.39 is 47.9 Å². The Labute approximate surface area is 444 Å². The number of benzene rings is 2. The Balaban J connectivity index is 0.796. The SMILES string of the molecule is COc1ccc(C(CC(C(=O)OC2C3CC4CC(C3)CC2C4)C(=O)OC2C3CC4CC(C3)CC2C4)OC(CC(C(=O)OC2C3CC4CC(C3)CC2C4)C(=O)OC2C3CC4CC(C3)CC2C4)c2ccc(OC)cc2)cc1. The summed E-state index contributed by atoms with van der Waals surface area (Å²) in [5.41, 5.74) is 1.46. The molecule has 75 heavy (non-hydrogen) atoms. The van der Waals surface area contributed by atoms with Crippen molar-refractivity contribution < 1.29 is 52.3 Å². The van der Waals surface area contributed by atoms with Gasteiger partial charge in [-0.1, -0.05) is 24.3 Å². The first-order valence-corrected chi connectivity index (χ1v) is 30.3. The predicted octanol–water partition coefficient (Wildman–Crippen LogP) is 12.0. The summed E-state index contributed by atoms with van der Waals surface area (Å²) < 4.78 is 45.6. The first kappa shape index (κ1) is 49.2. The van der Waals surface area contributed by atoms with Crippen molar-refractivity contribution in [2.45, 2.75) is 178 Å². The molecule has 0 heterocycles. The van der Waals surface area contributed by atoms with Gasteiger partial charge in [-0.25, -0.2) is 0 Å². The molecule has 404 valence electrons. The first-order valence-electron chi connectivity index (χ1n) is 30.3. The number of esters is 4. The van der Waals surface area contributed by atoms with Crippen molar-refractivity contribution in [1.29, 1.82) is 0 Å². The number of rotatable bonds is 18. The van der Waals surface area contributed by atoms with E-state index in [1.165, 1.54) is 25.7 Å². The minimum atomic E-state index is -1.26. The average Bonchev–Trinajstić information content (AvgIpc) is 3.40. The Morgan fingerprint density at radius 2 is 0.560 bits per heavy atom. The van der Waals surface area contributed by atoms with E-state index in [-0.39, 0.29) is 37.3 Å². The third-order valence-corrected chi connectivity index (χ3v) is 22.9. The predicted molar refractivity (Wildman–Crippen MR) is 276 cm³/mol. The Morgan fingerprint density at radius 3 is 0.760 bits per heavy atom. The summed E-state index contributed by atoms with van der Waals surface area (Å²) in [7, 11) is 3.26. The van der Waals surface area contributed by atoms with Crippen LogP contribution in [0.25, 0.3) is 0 Å². The summed E-state index contributed by atoms with van der Waals surface area (Å²) in [6.45, 7) is 0. The highest BCUT2D eigenvalue weighted by atomic mass is 16.6. The molecule has 0 radical (unpaired) electrons. The fraction of sp³-hybridized carbons (Fsp3) is 0.750. The minimum absolute atomic E-state index is 0.0433. The lowest BCUT2D eigenvalue weighted by Gasteiger charge is -2.54. The number of methoxy groups -OCH3 is 2. The van der Waals surface area contributed by atoms with Crippen LogP contribution in [0, 0.1) is 107 Å². The van der Waals surface area contributed by atoms with Crippen LogP contribution in [0.5, 0.6) is 11.5 Å². The zero-order chi connectivity index (χ0) is 50.6. The van der Waals surface area contributed by atoms with E-state index in [1.807, 2.05) is 48.5 Å². The third kappa shape index (κ3) is 9.52. The number of hydrogen-bond acceptors (Lipinski definition) is 11. The highest BCUT2D eigenvalue weighted by Gasteiger charge is 2.56. The van der Waals surface area contributed by atoms with Crippen molar-refractivity contribution in [2.75, 3.05) is 14.2 Å². The zero-order valence-electron chi connectivity index (χ0n) is 44.5. The molecule has 2 aromatic carbocycles. The molecule has 0 aliphatic heterocycles. The van der Waals surface area contributed by atoms with E-state index in [0.717, 1.165) is 114 Å². The van der Waals surface area contributed by atoms with Crippen LogP contribution in [0.4, 0.5) is 0 Å². The van der Waals surface area contributed by atoms with E-state index >= 15 is 19.2 Å². The summed E-state index contributed by atoms with van der Waals surface area (Å²) in [5.74, 6) is 4.76. The Morgan fingerprint density at radius 1 is 0.347 bits per heavy atom. The molecule has 16 bridgehead atoms. The quantitative estimate of drug-likeness (QED) is 0.0803. The lowest BCUT2D eigenvalue weighted by Crippen LogP contribution is -2.52. The van der Waals surface area contributed by atoms with Crippen LogP contribution >= 0.6 is 0 Å². The monoisotopic (exact) mass is 1030 g/mol. The molecule has 16 aliphatic rings. The van der Waals surface area contributed by atoms with Crippen molar-refractivity contribution in [3.05, 3.63) is 59.7 Å². The van der Waals surface area contributed by atoms with Crippen molar-refractivity contribution in [1.82, 2.24) is 0 Å². The van der Waals surface area contributed by atoms with E-state index in [0.29, 0.717) is 106 Å². The van der Waals surface area contributed by atoms with Gasteiger partial charge in [-0.2, -0.15) is 0 Å². The first-order chi connectivity index (χ1) is 36.5. The maximum absolute atomic E-state index is 15.2. The van der Waals surface area contributed by atoms with Crippen LogP contribution in [0.3, 0.4) is 0 Å². The van der Waals surface area contributed by atoms with Gasteiger partial charge >= 0.3 is 23.9 Å². The second-order valence-electron chi connectivity index (χ2n) is 27.6. The Kier molecular flexibility index (Phi) is 13.1. The third-order valence-electron chi connectivity index (χ3n) is 22.9. The van der Waals surface area contributed by atoms with E-state index in [4.69, 9.17) is 33.2 Å². The molecule has 0 aromatic heterocycles. The standard InChI is InChI=1S/C64H82O11/c1-69-51-7-3-41(4-8-51)55(31-53(61(65)72-57-43-15-33-11-34(17-43)18-44(57)16-33)62(66)73-58-45-19-35-12-36(21-45)22-46(58)20-35)71-56(42-5-9-52(70-2)10-6-42)32-54(63(67)74-59-47-23-37-13-38(25-47)26-48(59)24-37)64(68)75-60-49-27-39-14-40(29-49)30-50(60)28-39/h3-10,33-40,43-50,53-60H,11-32H2,1-2H3. The van der Waals surface area contributed by atoms with Gasteiger partial charge in [0.25, 0.3) is 0 Å².